The highest BCUT2D eigenvalue weighted by Crippen LogP contribution is 2.17. The van der Waals surface area contributed by atoms with E-state index in [1.807, 2.05) is 13.1 Å². The van der Waals surface area contributed by atoms with Crippen LogP contribution in [0.5, 0.6) is 0 Å². The molecule has 1 N–H and O–H groups in total. The van der Waals surface area contributed by atoms with E-state index in [0.717, 1.165) is 45.3 Å². The number of rotatable bonds is 8. The van der Waals surface area contributed by atoms with Gasteiger partial charge in [-0.2, -0.15) is 0 Å². The minimum Gasteiger partial charge on any atom is -0.376 e. The van der Waals surface area contributed by atoms with Crippen LogP contribution in [0.25, 0.3) is 0 Å². The molecule has 0 aromatic heterocycles. The van der Waals surface area contributed by atoms with Crippen LogP contribution in [0.3, 0.4) is 0 Å². The zero-order chi connectivity index (χ0) is 17.2. The standard InChI is InChI=1S/C19H32N4O/c1-4-22(3)13-11-21-19(20-2)23-12-10-18(14-23)16-24-15-17-8-6-5-7-9-17/h5-9,18H,4,10-16H2,1-3H3,(H,20,21). The molecule has 1 fully saturated rings. The maximum atomic E-state index is 5.90. The highest BCUT2D eigenvalue weighted by molar-refractivity contribution is 5.80. The van der Waals surface area contributed by atoms with Crippen LogP contribution in [-0.4, -0.2) is 69.2 Å². The van der Waals surface area contributed by atoms with Gasteiger partial charge in [-0.05, 0) is 25.6 Å². The van der Waals surface area contributed by atoms with Gasteiger partial charge in [-0.15, -0.1) is 0 Å². The molecule has 1 atom stereocenters. The summed E-state index contributed by atoms with van der Waals surface area (Å²) in [6.07, 6.45) is 1.17. The number of nitrogens with zero attached hydrogens (tertiary/aromatic N) is 3. The molecular weight excluding hydrogens is 300 g/mol. The molecule has 0 saturated carbocycles. The van der Waals surface area contributed by atoms with Gasteiger partial charge < -0.3 is 19.9 Å². The summed E-state index contributed by atoms with van der Waals surface area (Å²) in [5.41, 5.74) is 1.24. The Labute approximate surface area is 146 Å². The fourth-order valence-corrected chi connectivity index (χ4v) is 2.93. The normalized spacial score (nSPS) is 18.4. The number of hydrogen-bond acceptors (Lipinski definition) is 3. The van der Waals surface area contributed by atoms with Gasteiger partial charge in [0.1, 0.15) is 0 Å². The van der Waals surface area contributed by atoms with Crippen LogP contribution >= 0.6 is 0 Å². The molecule has 0 spiro atoms. The molecule has 0 aliphatic carbocycles. The van der Waals surface area contributed by atoms with E-state index < -0.39 is 0 Å². The summed E-state index contributed by atoms with van der Waals surface area (Å²) in [6.45, 7) is 8.82. The monoisotopic (exact) mass is 332 g/mol. The topological polar surface area (TPSA) is 40.1 Å². The Morgan fingerprint density at radius 3 is 2.88 bits per heavy atom. The van der Waals surface area contributed by atoms with Crippen molar-refractivity contribution in [1.29, 1.82) is 0 Å². The molecule has 134 valence electrons. The van der Waals surface area contributed by atoms with Gasteiger partial charge in [-0.3, -0.25) is 4.99 Å². The number of nitrogens with one attached hydrogen (secondary N) is 1. The second-order valence-electron chi connectivity index (χ2n) is 6.47. The Morgan fingerprint density at radius 2 is 2.17 bits per heavy atom. The van der Waals surface area contributed by atoms with Gasteiger partial charge in [-0.25, -0.2) is 0 Å². The van der Waals surface area contributed by atoms with Crippen LogP contribution in [0, 0.1) is 5.92 Å². The van der Waals surface area contributed by atoms with Gasteiger partial charge in [0.25, 0.3) is 0 Å². The molecule has 1 aliphatic heterocycles. The van der Waals surface area contributed by atoms with Crippen LogP contribution in [0.2, 0.25) is 0 Å². The molecule has 24 heavy (non-hydrogen) atoms. The zero-order valence-electron chi connectivity index (χ0n) is 15.4. The van der Waals surface area contributed by atoms with Crippen molar-refractivity contribution in [3.05, 3.63) is 35.9 Å². The third kappa shape index (κ3) is 6.13. The quantitative estimate of drug-likeness (QED) is 0.584. The molecule has 1 unspecified atom stereocenters. The average Bonchev–Trinajstić information content (AvgIpc) is 3.08. The Bertz CT molecular complexity index is 491. The first kappa shape index (κ1) is 18.7. The highest BCUT2D eigenvalue weighted by atomic mass is 16.5. The van der Waals surface area contributed by atoms with E-state index in [1.165, 1.54) is 12.0 Å². The summed E-state index contributed by atoms with van der Waals surface area (Å²) < 4.78 is 5.90. The van der Waals surface area contributed by atoms with Gasteiger partial charge in [0.05, 0.1) is 13.2 Å². The molecule has 2 rings (SSSR count). The van der Waals surface area contributed by atoms with Crippen LogP contribution in [-0.2, 0) is 11.3 Å². The second kappa shape index (κ2) is 10.3. The van der Waals surface area contributed by atoms with Gasteiger partial charge in [0, 0.05) is 39.1 Å². The lowest BCUT2D eigenvalue weighted by Gasteiger charge is -2.23. The molecule has 0 bridgehead atoms. The molecule has 5 nitrogen and oxygen atoms in total. The van der Waals surface area contributed by atoms with Crippen molar-refractivity contribution >= 4 is 5.96 Å². The minimum absolute atomic E-state index is 0.588. The Morgan fingerprint density at radius 1 is 1.38 bits per heavy atom. The first-order valence-corrected chi connectivity index (χ1v) is 8.98. The second-order valence-corrected chi connectivity index (χ2v) is 6.47. The predicted octanol–water partition coefficient (Wildman–Crippen LogP) is 2.05. The first-order chi connectivity index (χ1) is 11.7. The number of likely N-dealkylation sites (N-methyl/N-ethyl adjacent to an activating group) is 1. The van der Waals surface area contributed by atoms with Gasteiger partial charge in [0.15, 0.2) is 5.96 Å². The summed E-state index contributed by atoms with van der Waals surface area (Å²) in [6, 6.07) is 10.4. The first-order valence-electron chi connectivity index (χ1n) is 8.98. The summed E-state index contributed by atoms with van der Waals surface area (Å²) in [5.74, 6) is 1.61. The van der Waals surface area contributed by atoms with Gasteiger partial charge in [0.2, 0.25) is 0 Å². The minimum atomic E-state index is 0.588. The maximum Gasteiger partial charge on any atom is 0.193 e. The number of benzene rings is 1. The van der Waals surface area contributed by atoms with E-state index in [1.54, 1.807) is 0 Å². The highest BCUT2D eigenvalue weighted by Gasteiger charge is 2.24. The van der Waals surface area contributed by atoms with Crippen LogP contribution in [0.4, 0.5) is 0 Å². The van der Waals surface area contributed by atoms with Crippen molar-refractivity contribution in [3.8, 4) is 0 Å². The number of ether oxygens (including phenoxy) is 1. The van der Waals surface area contributed by atoms with E-state index in [0.29, 0.717) is 12.5 Å². The van der Waals surface area contributed by atoms with E-state index >= 15 is 0 Å². The van der Waals surface area contributed by atoms with Crippen molar-refractivity contribution in [2.24, 2.45) is 10.9 Å². The summed E-state index contributed by atoms with van der Waals surface area (Å²) in [4.78, 5) is 9.07. The van der Waals surface area contributed by atoms with Crippen molar-refractivity contribution in [2.45, 2.75) is 20.0 Å². The summed E-state index contributed by atoms with van der Waals surface area (Å²) >= 11 is 0. The maximum absolute atomic E-state index is 5.90. The van der Waals surface area contributed by atoms with Crippen molar-refractivity contribution < 1.29 is 4.74 Å². The fourth-order valence-electron chi connectivity index (χ4n) is 2.93. The van der Waals surface area contributed by atoms with E-state index in [4.69, 9.17) is 4.74 Å². The lowest BCUT2D eigenvalue weighted by Crippen LogP contribution is -2.43. The summed E-state index contributed by atoms with van der Waals surface area (Å²) in [5, 5.41) is 3.47. The third-order valence-corrected chi connectivity index (χ3v) is 4.58. The van der Waals surface area contributed by atoms with E-state index in [-0.39, 0.29) is 0 Å². The zero-order valence-corrected chi connectivity index (χ0v) is 15.4. The predicted molar refractivity (Wildman–Crippen MR) is 100 cm³/mol. The molecule has 1 aromatic carbocycles. The molecular formula is C19H32N4O. The van der Waals surface area contributed by atoms with Gasteiger partial charge in [-0.1, -0.05) is 37.3 Å². The van der Waals surface area contributed by atoms with Gasteiger partial charge >= 0.3 is 0 Å². The molecule has 1 heterocycles. The van der Waals surface area contributed by atoms with Crippen molar-refractivity contribution in [1.82, 2.24) is 15.1 Å². The number of aliphatic imine (C=N–C) groups is 1. The molecule has 1 aromatic rings. The largest absolute Gasteiger partial charge is 0.376 e. The Kier molecular flexibility index (Phi) is 8.05. The fraction of sp³-hybridized carbons (Fsp3) is 0.632. The number of hydrogen-bond donors (Lipinski definition) is 1. The van der Waals surface area contributed by atoms with Crippen molar-refractivity contribution in [2.75, 3.05) is 53.4 Å². The Hall–Kier alpha value is -1.59. The average molecular weight is 332 g/mol. The molecule has 1 aliphatic rings. The van der Waals surface area contributed by atoms with E-state index in [2.05, 4.69) is 58.3 Å². The lowest BCUT2D eigenvalue weighted by molar-refractivity contribution is 0.0906. The molecule has 5 heteroatoms. The van der Waals surface area contributed by atoms with Crippen LogP contribution < -0.4 is 5.32 Å². The van der Waals surface area contributed by atoms with Crippen LogP contribution in [0.15, 0.2) is 35.3 Å². The number of likely N-dealkylation sites (tertiary alicyclic amines) is 1. The molecule has 0 amide bonds. The Balaban J connectivity index is 1.67. The van der Waals surface area contributed by atoms with Crippen molar-refractivity contribution in [3.63, 3.8) is 0 Å². The molecule has 0 radical (unpaired) electrons. The number of guanidine groups is 1. The molecule has 1 saturated heterocycles. The van der Waals surface area contributed by atoms with Crippen LogP contribution in [0.1, 0.15) is 18.9 Å². The SMILES string of the molecule is CCN(C)CCNC(=NC)N1CCC(COCc2ccccc2)C1. The lowest BCUT2D eigenvalue weighted by atomic mass is 10.1. The summed E-state index contributed by atoms with van der Waals surface area (Å²) in [7, 11) is 4.01. The smallest absolute Gasteiger partial charge is 0.193 e. The van der Waals surface area contributed by atoms with E-state index in [9.17, 15) is 0 Å². The third-order valence-electron chi connectivity index (χ3n) is 4.58.